The Morgan fingerprint density at radius 1 is 1.10 bits per heavy atom. The van der Waals surface area contributed by atoms with E-state index >= 15 is 0 Å². The summed E-state index contributed by atoms with van der Waals surface area (Å²) in [7, 11) is 4.53. The highest BCUT2D eigenvalue weighted by Gasteiger charge is 2.37. The summed E-state index contributed by atoms with van der Waals surface area (Å²) in [5.41, 5.74) is 1.61. The van der Waals surface area contributed by atoms with Crippen molar-refractivity contribution in [2.45, 2.75) is 11.7 Å². The molecule has 156 valence electrons. The first-order chi connectivity index (χ1) is 14.4. The average Bonchev–Trinajstić information content (AvgIpc) is 3.01. The highest BCUT2D eigenvalue weighted by atomic mass is 32.2. The molecule has 1 N–H and O–H groups in total. The molecular weight excluding hydrogens is 406 g/mol. The number of nitrogens with one attached hydrogen (secondary N) is 1. The van der Waals surface area contributed by atoms with Crippen LogP contribution >= 0.6 is 11.8 Å². The molecule has 8 nitrogen and oxygen atoms in total. The number of thioether (sulfide) groups is 1. The summed E-state index contributed by atoms with van der Waals surface area (Å²) >= 11 is 1.25. The first-order valence-corrected chi connectivity index (χ1v) is 9.94. The number of hydrogen-bond acceptors (Lipinski definition) is 7. The number of anilines is 1. The Hall–Kier alpha value is -3.33. The van der Waals surface area contributed by atoms with Crippen LogP contribution in [0.25, 0.3) is 0 Å². The summed E-state index contributed by atoms with van der Waals surface area (Å²) in [6.45, 7) is 0. The Kier molecular flexibility index (Phi) is 6.73. The molecule has 1 heterocycles. The minimum absolute atomic E-state index is 0.00816. The Morgan fingerprint density at radius 2 is 1.77 bits per heavy atom. The van der Waals surface area contributed by atoms with Gasteiger partial charge < -0.3 is 14.8 Å². The number of benzene rings is 2. The molecule has 0 aliphatic carbocycles. The fraction of sp³-hybridized carbons (Fsp3) is 0.238. The molecule has 2 amide bonds. The third-order valence-electron chi connectivity index (χ3n) is 4.40. The van der Waals surface area contributed by atoms with Crippen molar-refractivity contribution in [3.63, 3.8) is 0 Å². The number of carbonyl (C=O) groups excluding carboxylic acids is 3. The van der Waals surface area contributed by atoms with Crippen molar-refractivity contribution in [3.05, 3.63) is 54.1 Å². The van der Waals surface area contributed by atoms with Gasteiger partial charge in [-0.15, -0.1) is 0 Å². The van der Waals surface area contributed by atoms with Crippen LogP contribution in [0.2, 0.25) is 0 Å². The first kappa shape index (κ1) is 21.4. The summed E-state index contributed by atoms with van der Waals surface area (Å²) in [4.78, 5) is 42.3. The molecule has 1 aliphatic heterocycles. The van der Waals surface area contributed by atoms with Crippen molar-refractivity contribution >= 4 is 46.1 Å². The van der Waals surface area contributed by atoms with Gasteiger partial charge in [0.05, 0.1) is 25.5 Å². The van der Waals surface area contributed by atoms with Gasteiger partial charge in [-0.05, 0) is 48.5 Å². The fourth-order valence-electron chi connectivity index (χ4n) is 2.75. The maximum absolute atomic E-state index is 12.5. The Labute approximate surface area is 178 Å². The topological polar surface area (TPSA) is 97.3 Å². The number of esters is 1. The maximum Gasteiger partial charge on any atom is 0.337 e. The highest BCUT2D eigenvalue weighted by Crippen LogP contribution is 2.31. The average molecular weight is 427 g/mol. The largest absolute Gasteiger partial charge is 0.497 e. The number of ether oxygens (including phenoxy) is 2. The van der Waals surface area contributed by atoms with Gasteiger partial charge in [0.15, 0.2) is 5.17 Å². The fourth-order valence-corrected chi connectivity index (χ4v) is 3.91. The van der Waals surface area contributed by atoms with Gasteiger partial charge in [0.25, 0.3) is 0 Å². The van der Waals surface area contributed by atoms with Gasteiger partial charge in [-0.1, -0.05) is 11.8 Å². The molecule has 3 rings (SSSR count). The van der Waals surface area contributed by atoms with Crippen molar-refractivity contribution in [2.24, 2.45) is 4.99 Å². The number of carbonyl (C=O) groups is 3. The van der Waals surface area contributed by atoms with E-state index in [1.807, 2.05) is 0 Å². The minimum atomic E-state index is -0.554. The number of hydrogen-bond donors (Lipinski definition) is 1. The summed E-state index contributed by atoms with van der Waals surface area (Å²) in [5, 5.41) is 2.72. The summed E-state index contributed by atoms with van der Waals surface area (Å²) in [6, 6.07) is 13.5. The van der Waals surface area contributed by atoms with Gasteiger partial charge in [-0.25, -0.2) is 9.79 Å². The van der Waals surface area contributed by atoms with Gasteiger partial charge in [-0.3, -0.25) is 14.5 Å². The van der Waals surface area contributed by atoms with E-state index < -0.39 is 11.2 Å². The highest BCUT2D eigenvalue weighted by molar-refractivity contribution is 8.15. The molecular formula is C21H21N3O5S. The van der Waals surface area contributed by atoms with Crippen LogP contribution < -0.4 is 10.1 Å². The van der Waals surface area contributed by atoms with E-state index in [9.17, 15) is 14.4 Å². The molecule has 0 bridgehead atoms. The second-order valence-electron chi connectivity index (χ2n) is 6.42. The van der Waals surface area contributed by atoms with E-state index in [4.69, 9.17) is 4.74 Å². The molecule has 2 aromatic rings. The number of aliphatic imine (C=N–C) groups is 1. The van der Waals surface area contributed by atoms with Crippen LogP contribution in [0.4, 0.5) is 11.4 Å². The lowest BCUT2D eigenvalue weighted by Gasteiger charge is -2.09. The van der Waals surface area contributed by atoms with E-state index in [0.717, 1.165) is 5.75 Å². The first-order valence-electron chi connectivity index (χ1n) is 9.06. The molecule has 1 saturated heterocycles. The number of rotatable bonds is 6. The molecule has 0 radical (unpaired) electrons. The van der Waals surface area contributed by atoms with Crippen molar-refractivity contribution in [1.29, 1.82) is 0 Å². The Balaban J connectivity index is 1.62. The molecule has 1 fully saturated rings. The zero-order valence-corrected chi connectivity index (χ0v) is 17.6. The predicted molar refractivity (Wildman–Crippen MR) is 115 cm³/mol. The number of nitrogens with zero attached hydrogens (tertiary/aromatic N) is 2. The van der Waals surface area contributed by atoms with Crippen LogP contribution in [0.1, 0.15) is 16.8 Å². The second-order valence-corrected chi connectivity index (χ2v) is 7.59. The predicted octanol–water partition coefficient (Wildman–Crippen LogP) is 3.07. The lowest BCUT2D eigenvalue weighted by atomic mass is 10.2. The van der Waals surface area contributed by atoms with Crippen LogP contribution in [-0.4, -0.2) is 54.4 Å². The molecule has 0 aromatic heterocycles. The Bertz CT molecular complexity index is 973. The number of amidine groups is 1. The van der Waals surface area contributed by atoms with Crippen LogP contribution in [0.15, 0.2) is 53.5 Å². The van der Waals surface area contributed by atoms with E-state index in [2.05, 4.69) is 15.0 Å². The SMILES string of the molecule is COC(=O)c1ccc(NC(=O)CC2SC(=Nc3ccc(OC)cc3)N(C)C2=O)cc1. The lowest BCUT2D eigenvalue weighted by molar-refractivity contribution is -0.127. The van der Waals surface area contributed by atoms with Gasteiger partial charge in [0.2, 0.25) is 11.8 Å². The van der Waals surface area contributed by atoms with E-state index in [1.54, 1.807) is 62.7 Å². The molecule has 9 heteroatoms. The van der Waals surface area contributed by atoms with Crippen molar-refractivity contribution < 1.29 is 23.9 Å². The smallest absolute Gasteiger partial charge is 0.337 e. The number of amides is 2. The van der Waals surface area contributed by atoms with Gasteiger partial charge in [0, 0.05) is 19.2 Å². The summed E-state index contributed by atoms with van der Waals surface area (Å²) < 4.78 is 9.77. The minimum Gasteiger partial charge on any atom is -0.497 e. The van der Waals surface area contributed by atoms with Crippen LogP contribution in [0, 0.1) is 0 Å². The Morgan fingerprint density at radius 3 is 2.37 bits per heavy atom. The van der Waals surface area contributed by atoms with Gasteiger partial charge in [-0.2, -0.15) is 0 Å². The van der Waals surface area contributed by atoms with E-state index in [1.165, 1.54) is 23.8 Å². The second kappa shape index (κ2) is 9.45. The third-order valence-corrected chi connectivity index (χ3v) is 5.63. The van der Waals surface area contributed by atoms with E-state index in [0.29, 0.717) is 22.1 Å². The standard InChI is InChI=1S/C21H21N3O5S/c1-24-19(26)17(30-21(24)23-15-8-10-16(28-2)11-9-15)12-18(25)22-14-6-4-13(5-7-14)20(27)29-3/h4-11,17H,12H2,1-3H3,(H,22,25). The quantitative estimate of drug-likeness (QED) is 0.712. The summed E-state index contributed by atoms with van der Waals surface area (Å²) in [5.74, 6) is -0.210. The molecule has 2 aromatic carbocycles. The molecule has 0 saturated carbocycles. The van der Waals surface area contributed by atoms with Crippen molar-refractivity contribution in [3.8, 4) is 5.75 Å². The monoisotopic (exact) mass is 427 g/mol. The molecule has 1 unspecified atom stereocenters. The van der Waals surface area contributed by atoms with Gasteiger partial charge >= 0.3 is 5.97 Å². The number of methoxy groups -OCH3 is 2. The maximum atomic E-state index is 12.5. The van der Waals surface area contributed by atoms with Gasteiger partial charge in [0.1, 0.15) is 11.0 Å². The van der Waals surface area contributed by atoms with Crippen LogP contribution in [0.5, 0.6) is 5.75 Å². The van der Waals surface area contributed by atoms with Crippen molar-refractivity contribution in [2.75, 3.05) is 26.6 Å². The summed E-state index contributed by atoms with van der Waals surface area (Å²) in [6.07, 6.45) is 0.00816. The molecule has 30 heavy (non-hydrogen) atoms. The van der Waals surface area contributed by atoms with E-state index in [-0.39, 0.29) is 18.2 Å². The van der Waals surface area contributed by atoms with Crippen molar-refractivity contribution in [1.82, 2.24) is 4.90 Å². The molecule has 1 aliphatic rings. The normalized spacial score (nSPS) is 17.2. The zero-order chi connectivity index (χ0) is 21.7. The molecule has 0 spiro atoms. The zero-order valence-electron chi connectivity index (χ0n) is 16.7. The lowest BCUT2D eigenvalue weighted by Crippen LogP contribution is -2.30. The van der Waals surface area contributed by atoms with Crippen LogP contribution in [-0.2, 0) is 14.3 Å². The third kappa shape index (κ3) is 4.98. The van der Waals surface area contributed by atoms with Crippen LogP contribution in [0.3, 0.4) is 0 Å². The molecule has 1 atom stereocenters.